The molecular formula is C15H24Br2N2S. The van der Waals surface area contributed by atoms with Crippen LogP contribution < -0.4 is 5.73 Å². The van der Waals surface area contributed by atoms with Crippen LogP contribution in [0.25, 0.3) is 0 Å². The molecule has 114 valence electrons. The van der Waals surface area contributed by atoms with E-state index in [9.17, 15) is 0 Å². The van der Waals surface area contributed by atoms with E-state index in [1.807, 2.05) is 0 Å². The van der Waals surface area contributed by atoms with E-state index in [1.54, 1.807) is 11.3 Å². The van der Waals surface area contributed by atoms with Crippen LogP contribution in [-0.2, 0) is 0 Å². The molecule has 1 aliphatic rings. The standard InChI is InChI=1S/C15H24Br2N2S/c1-3-10-4-6-11(7-5-10)19(2)13(9-18)14-8-12(16)15(17)20-14/h8,10-11,13H,3-7,9,18H2,1-2H3. The molecule has 5 heteroatoms. The highest BCUT2D eigenvalue weighted by Crippen LogP contribution is 2.39. The topological polar surface area (TPSA) is 29.3 Å². The zero-order chi connectivity index (χ0) is 14.7. The minimum Gasteiger partial charge on any atom is -0.329 e. The second kappa shape index (κ2) is 7.73. The van der Waals surface area contributed by atoms with Gasteiger partial charge in [-0.15, -0.1) is 11.3 Å². The number of hydrogen-bond donors (Lipinski definition) is 1. The first kappa shape index (κ1) is 16.9. The zero-order valence-corrected chi connectivity index (χ0v) is 16.2. The molecule has 0 bridgehead atoms. The van der Waals surface area contributed by atoms with Crippen LogP contribution in [0, 0.1) is 5.92 Å². The van der Waals surface area contributed by atoms with Crippen LogP contribution in [0.1, 0.15) is 49.9 Å². The van der Waals surface area contributed by atoms with Gasteiger partial charge in [-0.1, -0.05) is 13.3 Å². The maximum atomic E-state index is 6.06. The molecule has 0 radical (unpaired) electrons. The summed E-state index contributed by atoms with van der Waals surface area (Å²) in [6, 6.07) is 3.23. The first-order chi connectivity index (χ1) is 9.56. The maximum Gasteiger partial charge on any atom is 0.0843 e. The van der Waals surface area contributed by atoms with Gasteiger partial charge in [-0.3, -0.25) is 4.90 Å². The molecule has 2 nitrogen and oxygen atoms in total. The predicted octanol–water partition coefficient (Wildman–Crippen LogP) is 5.17. The van der Waals surface area contributed by atoms with Crippen molar-refractivity contribution in [2.45, 2.75) is 51.1 Å². The maximum absolute atomic E-state index is 6.06. The number of hydrogen-bond acceptors (Lipinski definition) is 3. The van der Waals surface area contributed by atoms with E-state index in [4.69, 9.17) is 5.73 Å². The molecule has 1 atom stereocenters. The Bertz CT molecular complexity index is 408. The molecule has 1 unspecified atom stereocenters. The van der Waals surface area contributed by atoms with Gasteiger partial charge in [0.15, 0.2) is 0 Å². The van der Waals surface area contributed by atoms with Crippen molar-refractivity contribution in [1.82, 2.24) is 4.90 Å². The van der Waals surface area contributed by atoms with Gasteiger partial charge in [0.25, 0.3) is 0 Å². The van der Waals surface area contributed by atoms with Gasteiger partial charge in [0.2, 0.25) is 0 Å². The molecular weight excluding hydrogens is 400 g/mol. The third-order valence-electron chi connectivity index (χ3n) is 4.68. The highest BCUT2D eigenvalue weighted by atomic mass is 79.9. The van der Waals surface area contributed by atoms with Crippen molar-refractivity contribution in [1.29, 1.82) is 0 Å². The average molecular weight is 424 g/mol. The molecule has 0 aromatic carbocycles. The molecule has 1 heterocycles. The fourth-order valence-electron chi connectivity index (χ4n) is 3.23. The first-order valence-corrected chi connectivity index (χ1v) is 9.83. The lowest BCUT2D eigenvalue weighted by molar-refractivity contribution is 0.123. The van der Waals surface area contributed by atoms with Gasteiger partial charge in [0, 0.05) is 21.9 Å². The SMILES string of the molecule is CCC1CCC(N(C)C(CN)c2cc(Br)c(Br)s2)CC1. The molecule has 0 aliphatic heterocycles. The van der Waals surface area contributed by atoms with Crippen molar-refractivity contribution in [2.24, 2.45) is 11.7 Å². The molecule has 0 spiro atoms. The normalized spacial score (nSPS) is 25.1. The van der Waals surface area contributed by atoms with Gasteiger partial charge in [-0.2, -0.15) is 0 Å². The number of likely N-dealkylation sites (N-methyl/N-ethyl adjacent to an activating group) is 1. The van der Waals surface area contributed by atoms with E-state index < -0.39 is 0 Å². The van der Waals surface area contributed by atoms with E-state index in [2.05, 4.69) is 56.8 Å². The van der Waals surface area contributed by atoms with Crippen molar-refractivity contribution in [3.63, 3.8) is 0 Å². The lowest BCUT2D eigenvalue weighted by Gasteiger charge is -2.38. The fourth-order valence-corrected chi connectivity index (χ4v) is 5.48. The van der Waals surface area contributed by atoms with Gasteiger partial charge < -0.3 is 5.73 Å². The predicted molar refractivity (Wildman–Crippen MR) is 95.3 cm³/mol. The van der Waals surface area contributed by atoms with Crippen LogP contribution in [0.4, 0.5) is 0 Å². The lowest BCUT2D eigenvalue weighted by atomic mass is 9.83. The van der Waals surface area contributed by atoms with Crippen molar-refractivity contribution < 1.29 is 0 Å². The monoisotopic (exact) mass is 422 g/mol. The fraction of sp³-hybridized carbons (Fsp3) is 0.733. The molecule has 1 saturated carbocycles. The third-order valence-corrected chi connectivity index (χ3v) is 8.03. The number of nitrogens with zero attached hydrogens (tertiary/aromatic N) is 1. The Balaban J connectivity index is 2.04. The Labute approximate surface area is 143 Å². The summed E-state index contributed by atoms with van der Waals surface area (Å²) in [6.45, 7) is 3.00. The summed E-state index contributed by atoms with van der Waals surface area (Å²) < 4.78 is 2.30. The molecule has 2 rings (SSSR count). The van der Waals surface area contributed by atoms with Gasteiger partial charge in [-0.25, -0.2) is 0 Å². The van der Waals surface area contributed by atoms with Gasteiger partial charge in [0.05, 0.1) is 9.83 Å². The van der Waals surface area contributed by atoms with Crippen LogP contribution in [0.5, 0.6) is 0 Å². The third kappa shape index (κ3) is 3.86. The molecule has 1 aliphatic carbocycles. The molecule has 1 aromatic rings. The Hall–Kier alpha value is 0.580. The Kier molecular flexibility index (Phi) is 6.54. The molecule has 1 aromatic heterocycles. The zero-order valence-electron chi connectivity index (χ0n) is 12.2. The van der Waals surface area contributed by atoms with E-state index >= 15 is 0 Å². The quantitative estimate of drug-likeness (QED) is 0.707. The van der Waals surface area contributed by atoms with Gasteiger partial charge >= 0.3 is 0 Å². The molecule has 0 amide bonds. The summed E-state index contributed by atoms with van der Waals surface area (Å²) in [7, 11) is 2.25. The Morgan fingerprint density at radius 2 is 2.00 bits per heavy atom. The molecule has 0 saturated heterocycles. The average Bonchev–Trinajstić information content (AvgIpc) is 2.79. The van der Waals surface area contributed by atoms with Crippen LogP contribution in [0.15, 0.2) is 14.3 Å². The van der Waals surface area contributed by atoms with Crippen molar-refractivity contribution in [2.75, 3.05) is 13.6 Å². The Morgan fingerprint density at radius 1 is 1.35 bits per heavy atom. The van der Waals surface area contributed by atoms with Crippen LogP contribution in [0.2, 0.25) is 0 Å². The lowest BCUT2D eigenvalue weighted by Crippen LogP contribution is -2.40. The smallest absolute Gasteiger partial charge is 0.0843 e. The largest absolute Gasteiger partial charge is 0.329 e. The number of rotatable bonds is 5. The summed E-state index contributed by atoms with van der Waals surface area (Å²) in [6.07, 6.45) is 6.72. The summed E-state index contributed by atoms with van der Waals surface area (Å²) in [5.74, 6) is 0.945. The molecule has 1 fully saturated rings. The van der Waals surface area contributed by atoms with Crippen molar-refractivity contribution in [3.8, 4) is 0 Å². The highest BCUT2D eigenvalue weighted by molar-refractivity contribution is 9.13. The van der Waals surface area contributed by atoms with Crippen LogP contribution in [-0.4, -0.2) is 24.5 Å². The van der Waals surface area contributed by atoms with E-state index in [-0.39, 0.29) is 0 Å². The van der Waals surface area contributed by atoms with E-state index in [1.165, 1.54) is 37.0 Å². The van der Waals surface area contributed by atoms with Crippen molar-refractivity contribution >= 4 is 43.2 Å². The van der Waals surface area contributed by atoms with E-state index in [0.717, 1.165) is 14.2 Å². The summed E-state index contributed by atoms with van der Waals surface area (Å²) in [5, 5.41) is 0. The molecule has 2 N–H and O–H groups in total. The van der Waals surface area contributed by atoms with Crippen molar-refractivity contribution in [3.05, 3.63) is 19.2 Å². The molecule has 20 heavy (non-hydrogen) atoms. The van der Waals surface area contributed by atoms with Crippen LogP contribution in [0.3, 0.4) is 0 Å². The minimum atomic E-state index is 0.339. The van der Waals surface area contributed by atoms with Crippen LogP contribution >= 0.6 is 43.2 Å². The van der Waals surface area contributed by atoms with Gasteiger partial charge in [-0.05, 0) is 76.6 Å². The van der Waals surface area contributed by atoms with E-state index in [0.29, 0.717) is 18.6 Å². The second-order valence-corrected chi connectivity index (χ2v) is 9.03. The summed E-state index contributed by atoms with van der Waals surface area (Å²) >= 11 is 8.96. The first-order valence-electron chi connectivity index (χ1n) is 7.43. The second-order valence-electron chi connectivity index (χ2n) is 5.77. The minimum absolute atomic E-state index is 0.339. The number of nitrogens with two attached hydrogens (primary N) is 1. The highest BCUT2D eigenvalue weighted by Gasteiger charge is 2.28. The number of halogens is 2. The number of thiophene rings is 1. The summed E-state index contributed by atoms with van der Waals surface area (Å²) in [4.78, 5) is 3.86. The Morgan fingerprint density at radius 3 is 2.45 bits per heavy atom. The summed E-state index contributed by atoms with van der Waals surface area (Å²) in [5.41, 5.74) is 6.06. The van der Waals surface area contributed by atoms with Gasteiger partial charge in [0.1, 0.15) is 0 Å².